The van der Waals surface area contributed by atoms with Crippen molar-refractivity contribution in [2.75, 3.05) is 32.7 Å². The van der Waals surface area contributed by atoms with Crippen LogP contribution in [0.2, 0.25) is 0 Å². The van der Waals surface area contributed by atoms with Crippen LogP contribution < -0.4 is 5.32 Å². The maximum Gasteiger partial charge on any atom is 0.326 e. The van der Waals surface area contributed by atoms with Gasteiger partial charge < -0.3 is 19.9 Å². The van der Waals surface area contributed by atoms with Gasteiger partial charge in [0.2, 0.25) is 5.91 Å². The Hall–Kier alpha value is -1.77. The summed E-state index contributed by atoms with van der Waals surface area (Å²) in [5.74, 6) is -1.55. The van der Waals surface area contributed by atoms with Gasteiger partial charge in [0.05, 0.1) is 24.0 Å². The summed E-state index contributed by atoms with van der Waals surface area (Å²) < 4.78 is 21.9. The Labute approximate surface area is 137 Å². The highest BCUT2D eigenvalue weighted by molar-refractivity contribution is 7.85. The normalized spacial score (nSPS) is 13.3. The average Bonchev–Trinajstić information content (AvgIpc) is 2.55. The van der Waals surface area contributed by atoms with Gasteiger partial charge >= 0.3 is 5.97 Å². The average molecular weight is 343 g/mol. The summed E-state index contributed by atoms with van der Waals surface area (Å²) in [4.78, 5) is 23.4. The quantitative estimate of drug-likeness (QED) is 0.565. The van der Waals surface area contributed by atoms with E-state index in [4.69, 9.17) is 14.6 Å². The molecule has 1 aromatic carbocycles. The molecule has 1 rings (SSSR count). The van der Waals surface area contributed by atoms with Crippen LogP contribution in [0.3, 0.4) is 0 Å². The topological polar surface area (TPSA) is 102 Å². The van der Waals surface area contributed by atoms with Gasteiger partial charge in [-0.3, -0.25) is 9.00 Å². The molecule has 1 aromatic rings. The zero-order valence-corrected chi connectivity index (χ0v) is 13.7. The second-order valence-electron chi connectivity index (χ2n) is 4.66. The lowest BCUT2D eigenvalue weighted by Crippen LogP contribution is -2.43. The van der Waals surface area contributed by atoms with Crippen molar-refractivity contribution in [2.45, 2.75) is 17.4 Å². The molecule has 0 spiro atoms. The Morgan fingerprint density at radius 1 is 1.26 bits per heavy atom. The summed E-state index contributed by atoms with van der Waals surface area (Å²) in [7, 11) is 0.205. The Balaban J connectivity index is 2.41. The number of methoxy groups -OCH3 is 1. The second kappa shape index (κ2) is 10.9. The van der Waals surface area contributed by atoms with E-state index in [1.54, 1.807) is 24.3 Å². The molecule has 0 aliphatic carbocycles. The van der Waals surface area contributed by atoms with Crippen molar-refractivity contribution < 1.29 is 28.4 Å². The van der Waals surface area contributed by atoms with Crippen molar-refractivity contribution in [3.05, 3.63) is 30.3 Å². The number of carboxylic acid groups (broad SMARTS) is 1. The van der Waals surface area contributed by atoms with Gasteiger partial charge in [0.25, 0.3) is 0 Å². The SMILES string of the molecule is COCCOCC(=O)N[C@@H](CC[S@](=O)c1ccccc1)C(=O)O. The van der Waals surface area contributed by atoms with E-state index >= 15 is 0 Å². The molecule has 7 nitrogen and oxygen atoms in total. The summed E-state index contributed by atoms with van der Waals surface area (Å²) in [6, 6.07) is 7.68. The van der Waals surface area contributed by atoms with E-state index in [0.717, 1.165) is 0 Å². The number of ether oxygens (including phenoxy) is 2. The van der Waals surface area contributed by atoms with E-state index in [1.807, 2.05) is 6.07 Å². The standard InChI is InChI=1S/C15H21NO6S/c1-21-8-9-22-11-14(17)16-13(15(18)19)7-10-23(20)12-5-3-2-4-6-12/h2-6,13H,7-11H2,1H3,(H,16,17)(H,18,19)/t13-,23-/m0/s1. The van der Waals surface area contributed by atoms with Crippen molar-refractivity contribution >= 4 is 22.7 Å². The minimum absolute atomic E-state index is 0.0701. The van der Waals surface area contributed by atoms with Gasteiger partial charge in [-0.05, 0) is 18.6 Å². The van der Waals surface area contributed by atoms with E-state index < -0.39 is 28.7 Å². The fourth-order valence-corrected chi connectivity index (χ4v) is 2.86. The lowest BCUT2D eigenvalue weighted by Gasteiger charge is -2.14. The van der Waals surface area contributed by atoms with Crippen LogP contribution in [0.1, 0.15) is 6.42 Å². The molecule has 0 bridgehead atoms. The molecule has 1 amide bonds. The molecule has 128 valence electrons. The molecule has 0 saturated carbocycles. The van der Waals surface area contributed by atoms with Crippen molar-refractivity contribution in [1.82, 2.24) is 5.32 Å². The Morgan fingerprint density at radius 3 is 2.57 bits per heavy atom. The van der Waals surface area contributed by atoms with Gasteiger partial charge in [-0.25, -0.2) is 4.79 Å². The summed E-state index contributed by atoms with van der Waals surface area (Å²) in [6.07, 6.45) is 0.0701. The number of hydrogen-bond acceptors (Lipinski definition) is 5. The molecule has 0 heterocycles. The number of hydrogen-bond donors (Lipinski definition) is 2. The first-order chi connectivity index (χ1) is 11.0. The molecule has 0 fully saturated rings. The molecular weight excluding hydrogens is 322 g/mol. The zero-order chi connectivity index (χ0) is 17.1. The van der Waals surface area contributed by atoms with Gasteiger partial charge in [0.15, 0.2) is 0 Å². The fourth-order valence-electron chi connectivity index (χ4n) is 1.72. The van der Waals surface area contributed by atoms with Crippen molar-refractivity contribution in [3.8, 4) is 0 Å². The number of carbonyl (C=O) groups is 2. The van der Waals surface area contributed by atoms with Crippen molar-refractivity contribution in [1.29, 1.82) is 0 Å². The van der Waals surface area contributed by atoms with E-state index in [1.165, 1.54) is 7.11 Å². The van der Waals surface area contributed by atoms with Gasteiger partial charge in [0, 0.05) is 17.8 Å². The summed E-state index contributed by atoms with van der Waals surface area (Å²) in [5.41, 5.74) is 0. The molecule has 0 saturated heterocycles. The number of rotatable bonds is 11. The first-order valence-electron chi connectivity index (χ1n) is 7.07. The fraction of sp³-hybridized carbons (Fsp3) is 0.467. The van der Waals surface area contributed by atoms with Crippen molar-refractivity contribution in [2.24, 2.45) is 0 Å². The Morgan fingerprint density at radius 2 is 1.96 bits per heavy atom. The lowest BCUT2D eigenvalue weighted by atomic mass is 10.2. The Kier molecular flexibility index (Phi) is 9.11. The highest BCUT2D eigenvalue weighted by Gasteiger charge is 2.21. The van der Waals surface area contributed by atoms with E-state index in [2.05, 4.69) is 5.32 Å². The molecule has 8 heteroatoms. The first kappa shape index (κ1) is 19.3. The predicted molar refractivity (Wildman–Crippen MR) is 84.6 cm³/mol. The smallest absolute Gasteiger partial charge is 0.326 e. The third-order valence-corrected chi connectivity index (χ3v) is 4.30. The van der Waals surface area contributed by atoms with Crippen LogP contribution in [-0.2, 0) is 29.9 Å². The van der Waals surface area contributed by atoms with Crippen LogP contribution in [0.15, 0.2) is 35.2 Å². The van der Waals surface area contributed by atoms with Crippen LogP contribution in [0.4, 0.5) is 0 Å². The number of carbonyl (C=O) groups excluding carboxylic acids is 1. The third-order valence-electron chi connectivity index (χ3n) is 2.90. The molecule has 0 aromatic heterocycles. The summed E-state index contributed by atoms with van der Waals surface area (Å²) >= 11 is 0. The van der Waals surface area contributed by atoms with Gasteiger partial charge in [-0.2, -0.15) is 0 Å². The number of benzene rings is 1. The van der Waals surface area contributed by atoms with Gasteiger partial charge in [0.1, 0.15) is 12.6 Å². The minimum Gasteiger partial charge on any atom is -0.480 e. The van der Waals surface area contributed by atoms with Crippen LogP contribution in [0.5, 0.6) is 0 Å². The predicted octanol–water partition coefficient (Wildman–Crippen LogP) is 0.417. The number of carboxylic acids is 1. The highest BCUT2D eigenvalue weighted by atomic mass is 32.2. The molecular formula is C15H21NO6S. The number of amides is 1. The molecule has 23 heavy (non-hydrogen) atoms. The van der Waals surface area contributed by atoms with Crippen LogP contribution in [0, 0.1) is 0 Å². The van der Waals surface area contributed by atoms with Crippen LogP contribution >= 0.6 is 0 Å². The highest BCUT2D eigenvalue weighted by Crippen LogP contribution is 2.08. The third kappa shape index (κ3) is 7.87. The van der Waals surface area contributed by atoms with Crippen LogP contribution in [0.25, 0.3) is 0 Å². The summed E-state index contributed by atoms with van der Waals surface area (Å²) in [6.45, 7) is 0.361. The number of aliphatic carboxylic acids is 1. The van der Waals surface area contributed by atoms with Gasteiger partial charge in [-0.1, -0.05) is 18.2 Å². The van der Waals surface area contributed by atoms with Gasteiger partial charge in [-0.15, -0.1) is 0 Å². The minimum atomic E-state index is -1.31. The van der Waals surface area contributed by atoms with E-state index in [9.17, 15) is 13.8 Å². The lowest BCUT2D eigenvalue weighted by molar-refractivity contribution is -0.142. The molecule has 0 unspecified atom stereocenters. The molecule has 0 aliphatic rings. The largest absolute Gasteiger partial charge is 0.480 e. The Bertz CT molecular complexity index is 522. The molecule has 0 radical (unpaired) electrons. The maximum absolute atomic E-state index is 12.1. The van der Waals surface area contributed by atoms with E-state index in [-0.39, 0.29) is 25.4 Å². The molecule has 2 N–H and O–H groups in total. The second-order valence-corrected chi connectivity index (χ2v) is 6.23. The first-order valence-corrected chi connectivity index (χ1v) is 8.38. The van der Waals surface area contributed by atoms with Crippen molar-refractivity contribution in [3.63, 3.8) is 0 Å². The number of nitrogens with one attached hydrogen (secondary N) is 1. The summed E-state index contributed by atoms with van der Waals surface area (Å²) in [5, 5.41) is 11.5. The van der Waals surface area contributed by atoms with Crippen LogP contribution in [-0.4, -0.2) is 59.9 Å². The van der Waals surface area contributed by atoms with E-state index in [0.29, 0.717) is 11.5 Å². The molecule has 0 aliphatic heterocycles. The molecule has 2 atom stereocenters. The maximum atomic E-state index is 12.1. The monoisotopic (exact) mass is 343 g/mol. The zero-order valence-electron chi connectivity index (χ0n) is 12.9.